The maximum atomic E-state index is 13.0. The van der Waals surface area contributed by atoms with Crippen molar-refractivity contribution in [1.82, 2.24) is 15.1 Å². The summed E-state index contributed by atoms with van der Waals surface area (Å²) in [6.07, 6.45) is 0.182. The summed E-state index contributed by atoms with van der Waals surface area (Å²) in [5.74, 6) is -0.115. The molecular formula is C17H19F3N4O2. The molecule has 0 spiro atoms. The molecule has 9 heteroatoms. The lowest BCUT2D eigenvalue weighted by atomic mass is 9.87. The molecule has 1 aromatic heterocycles. The Morgan fingerprint density at radius 3 is 2.54 bits per heavy atom. The fourth-order valence-corrected chi connectivity index (χ4v) is 2.97. The van der Waals surface area contributed by atoms with Gasteiger partial charge in [-0.2, -0.15) is 18.3 Å². The summed E-state index contributed by atoms with van der Waals surface area (Å²) in [4.78, 5) is 13.0. The van der Waals surface area contributed by atoms with Crippen molar-refractivity contribution in [3.05, 3.63) is 42.7 Å². The first-order chi connectivity index (χ1) is 12.4. The number of nitrogens with one attached hydrogen (secondary N) is 2. The van der Waals surface area contributed by atoms with Crippen molar-refractivity contribution in [2.75, 3.05) is 25.0 Å². The monoisotopic (exact) mass is 368 g/mol. The summed E-state index contributed by atoms with van der Waals surface area (Å²) in [5, 5.41) is 10.3. The molecule has 1 fully saturated rings. The summed E-state index contributed by atoms with van der Waals surface area (Å²) in [6, 6.07) is 7.58. The van der Waals surface area contributed by atoms with E-state index >= 15 is 0 Å². The summed E-state index contributed by atoms with van der Waals surface area (Å²) < 4.78 is 42.9. The summed E-state index contributed by atoms with van der Waals surface area (Å²) in [7, 11) is 0. The summed E-state index contributed by atoms with van der Waals surface area (Å²) >= 11 is 0. The number of amides is 1. The molecule has 2 N–H and O–H groups in total. The number of carbonyl (C=O) groups excluding carboxylic acids is 1. The number of alkyl halides is 3. The Morgan fingerprint density at radius 2 is 1.96 bits per heavy atom. The number of carbonyl (C=O) groups is 1. The van der Waals surface area contributed by atoms with Gasteiger partial charge >= 0.3 is 6.18 Å². The van der Waals surface area contributed by atoms with Crippen molar-refractivity contribution in [3.8, 4) is 5.75 Å². The maximum Gasteiger partial charge on any atom is 0.422 e. The third kappa shape index (κ3) is 4.16. The highest BCUT2D eigenvalue weighted by Gasteiger charge is 2.42. The predicted molar refractivity (Wildman–Crippen MR) is 88.9 cm³/mol. The lowest BCUT2D eigenvalue weighted by Gasteiger charge is -2.36. The largest absolute Gasteiger partial charge is 0.484 e. The van der Waals surface area contributed by atoms with Gasteiger partial charge in [0.25, 0.3) is 5.91 Å². The minimum Gasteiger partial charge on any atom is -0.484 e. The molecule has 1 saturated heterocycles. The molecule has 1 aromatic carbocycles. The van der Waals surface area contributed by atoms with Crippen molar-refractivity contribution in [1.29, 1.82) is 0 Å². The number of ether oxygens (including phenoxy) is 1. The Hall–Kier alpha value is -2.55. The zero-order valence-corrected chi connectivity index (χ0v) is 13.9. The van der Waals surface area contributed by atoms with E-state index < -0.39 is 18.3 Å². The van der Waals surface area contributed by atoms with E-state index in [4.69, 9.17) is 0 Å². The van der Waals surface area contributed by atoms with Crippen LogP contribution >= 0.6 is 0 Å². The smallest absolute Gasteiger partial charge is 0.422 e. The topological polar surface area (TPSA) is 68.2 Å². The Labute approximate surface area is 148 Å². The number of rotatable bonds is 5. The Bertz CT molecular complexity index is 723. The van der Waals surface area contributed by atoms with E-state index in [9.17, 15) is 18.0 Å². The number of aromatic nitrogens is 2. The first-order valence-corrected chi connectivity index (χ1v) is 8.21. The molecule has 0 saturated carbocycles. The average Bonchev–Trinajstić information content (AvgIpc) is 3.16. The fraction of sp³-hybridized carbons (Fsp3) is 0.412. The second kappa shape index (κ2) is 7.36. The van der Waals surface area contributed by atoms with Gasteiger partial charge in [0.05, 0.1) is 0 Å². The molecule has 0 bridgehead atoms. The molecule has 0 atom stereocenters. The molecule has 0 unspecified atom stereocenters. The maximum absolute atomic E-state index is 13.0. The van der Waals surface area contributed by atoms with E-state index in [1.807, 2.05) is 0 Å². The number of anilines is 1. The summed E-state index contributed by atoms with van der Waals surface area (Å²) in [5.41, 5.74) is -0.306. The molecule has 26 heavy (non-hydrogen) atoms. The zero-order chi connectivity index (χ0) is 18.6. The van der Waals surface area contributed by atoms with Gasteiger partial charge in [-0.25, -0.2) is 0 Å². The second-order valence-corrected chi connectivity index (χ2v) is 6.11. The van der Waals surface area contributed by atoms with Crippen LogP contribution in [0.25, 0.3) is 0 Å². The van der Waals surface area contributed by atoms with Crippen molar-refractivity contribution in [2.45, 2.75) is 24.6 Å². The van der Waals surface area contributed by atoms with E-state index in [0.29, 0.717) is 31.6 Å². The van der Waals surface area contributed by atoms with E-state index in [2.05, 4.69) is 20.5 Å². The highest BCUT2D eigenvalue weighted by Crippen LogP contribution is 2.29. The predicted octanol–water partition coefficient (Wildman–Crippen LogP) is 2.54. The van der Waals surface area contributed by atoms with Crippen LogP contribution in [0, 0.1) is 0 Å². The number of piperidine rings is 1. The third-order valence-corrected chi connectivity index (χ3v) is 4.31. The van der Waals surface area contributed by atoms with Crippen LogP contribution in [0.3, 0.4) is 0 Å². The molecule has 140 valence electrons. The molecule has 1 amide bonds. The van der Waals surface area contributed by atoms with Crippen molar-refractivity contribution in [3.63, 3.8) is 0 Å². The van der Waals surface area contributed by atoms with E-state index in [-0.39, 0.29) is 11.7 Å². The standard InChI is InChI=1S/C17H19F3N4O2/c18-17(19,20)12-26-14-4-2-13(3-5-14)23-15(25)16(6-9-21-10-7-16)24-11-1-8-22-24/h1-5,8,11,21H,6-7,9-10,12H2,(H,23,25). The fourth-order valence-electron chi connectivity index (χ4n) is 2.97. The molecule has 1 aliphatic rings. The first kappa shape index (κ1) is 18.2. The van der Waals surface area contributed by atoms with Crippen LogP contribution in [0.5, 0.6) is 5.75 Å². The highest BCUT2D eigenvalue weighted by atomic mass is 19.4. The van der Waals surface area contributed by atoms with Gasteiger partial charge in [-0.3, -0.25) is 9.48 Å². The van der Waals surface area contributed by atoms with Gasteiger partial charge in [0.1, 0.15) is 11.3 Å². The SMILES string of the molecule is O=C(Nc1ccc(OCC(F)(F)F)cc1)C1(n2cccn2)CCNCC1. The Morgan fingerprint density at radius 1 is 1.27 bits per heavy atom. The van der Waals surface area contributed by atoms with Crippen LogP contribution in [0.4, 0.5) is 18.9 Å². The number of hydrogen-bond donors (Lipinski definition) is 2. The third-order valence-electron chi connectivity index (χ3n) is 4.31. The van der Waals surface area contributed by atoms with Crippen LogP contribution in [0.2, 0.25) is 0 Å². The Kier molecular flexibility index (Phi) is 5.17. The zero-order valence-electron chi connectivity index (χ0n) is 13.9. The number of hydrogen-bond acceptors (Lipinski definition) is 4. The molecule has 3 rings (SSSR count). The molecular weight excluding hydrogens is 349 g/mol. The second-order valence-electron chi connectivity index (χ2n) is 6.11. The number of halogens is 3. The van der Waals surface area contributed by atoms with Gasteiger partial charge in [-0.05, 0) is 56.3 Å². The van der Waals surface area contributed by atoms with E-state index in [0.717, 1.165) is 0 Å². The lowest BCUT2D eigenvalue weighted by molar-refractivity contribution is -0.153. The number of nitrogens with zero attached hydrogens (tertiary/aromatic N) is 2. The summed E-state index contributed by atoms with van der Waals surface area (Å²) in [6.45, 7) is 0.0309. The molecule has 2 heterocycles. The van der Waals surface area contributed by atoms with Gasteiger partial charge < -0.3 is 15.4 Å². The highest BCUT2D eigenvalue weighted by molar-refractivity contribution is 5.96. The van der Waals surface area contributed by atoms with Crippen molar-refractivity contribution >= 4 is 11.6 Å². The minimum absolute atomic E-state index is 0.0870. The average molecular weight is 368 g/mol. The number of benzene rings is 1. The minimum atomic E-state index is -4.39. The van der Waals surface area contributed by atoms with Gasteiger partial charge in [-0.15, -0.1) is 0 Å². The first-order valence-electron chi connectivity index (χ1n) is 8.21. The van der Waals surface area contributed by atoms with E-state index in [1.54, 1.807) is 23.1 Å². The molecule has 0 aliphatic carbocycles. The van der Waals surface area contributed by atoms with Gasteiger partial charge in [0, 0.05) is 18.1 Å². The molecule has 6 nitrogen and oxygen atoms in total. The van der Waals surface area contributed by atoms with E-state index in [1.165, 1.54) is 24.3 Å². The quantitative estimate of drug-likeness (QED) is 0.851. The molecule has 1 aliphatic heterocycles. The van der Waals surface area contributed by atoms with Gasteiger partial charge in [-0.1, -0.05) is 0 Å². The van der Waals surface area contributed by atoms with Crippen LogP contribution in [0.1, 0.15) is 12.8 Å². The van der Waals surface area contributed by atoms with Gasteiger partial charge in [0.15, 0.2) is 6.61 Å². The van der Waals surface area contributed by atoms with Crippen LogP contribution in [-0.4, -0.2) is 41.6 Å². The van der Waals surface area contributed by atoms with Crippen molar-refractivity contribution < 1.29 is 22.7 Å². The van der Waals surface area contributed by atoms with Gasteiger partial charge in [0.2, 0.25) is 0 Å². The molecule has 2 aromatic rings. The Balaban J connectivity index is 1.70. The van der Waals surface area contributed by atoms with Crippen molar-refractivity contribution in [2.24, 2.45) is 0 Å². The van der Waals surface area contributed by atoms with Crippen LogP contribution < -0.4 is 15.4 Å². The normalized spacial score (nSPS) is 16.9. The van der Waals surface area contributed by atoms with Crippen LogP contribution in [-0.2, 0) is 10.3 Å². The van der Waals surface area contributed by atoms with Crippen LogP contribution in [0.15, 0.2) is 42.7 Å². The lowest BCUT2D eigenvalue weighted by Crippen LogP contribution is -2.52. The molecule has 0 radical (unpaired) electrons.